The summed E-state index contributed by atoms with van der Waals surface area (Å²) >= 11 is 0. The Morgan fingerprint density at radius 1 is 1.24 bits per heavy atom. The summed E-state index contributed by atoms with van der Waals surface area (Å²) in [4.78, 5) is 38.9. The van der Waals surface area contributed by atoms with Crippen molar-refractivity contribution in [2.75, 3.05) is 13.1 Å². The van der Waals surface area contributed by atoms with E-state index in [9.17, 15) is 19.5 Å². The molecule has 3 N–H and O–H groups in total. The predicted octanol–water partition coefficient (Wildman–Crippen LogP) is 2.50. The molecule has 1 atom stereocenters. The van der Waals surface area contributed by atoms with Crippen LogP contribution in [0.15, 0.2) is 36.9 Å². The van der Waals surface area contributed by atoms with Crippen LogP contribution in [-0.2, 0) is 14.3 Å². The number of carbonyl (C=O) groups excluding carboxylic acids is 3. The molecule has 1 unspecified atom stereocenters. The Kier molecular flexibility index (Phi) is 8.69. The maximum atomic E-state index is 12.9. The number of alkyl carbamates (subject to hydrolysis) is 1. The lowest BCUT2D eigenvalue weighted by Gasteiger charge is -2.31. The summed E-state index contributed by atoms with van der Waals surface area (Å²) < 4.78 is 5.13. The quantitative estimate of drug-likeness (QED) is 0.576. The molecule has 1 aromatic rings. The largest absolute Gasteiger partial charge is 0.508 e. The molecule has 0 spiro atoms. The van der Waals surface area contributed by atoms with E-state index in [1.807, 2.05) is 0 Å². The van der Waals surface area contributed by atoms with Crippen LogP contribution in [0.3, 0.4) is 0 Å². The van der Waals surface area contributed by atoms with Gasteiger partial charge in [-0.3, -0.25) is 9.59 Å². The summed E-state index contributed by atoms with van der Waals surface area (Å²) in [5.74, 6) is -1.09. The molecule has 0 radical (unpaired) electrons. The van der Waals surface area contributed by atoms with E-state index in [-0.39, 0.29) is 30.4 Å². The lowest BCUT2D eigenvalue weighted by Crippen LogP contribution is -2.48. The molecular weight excluding hydrogens is 374 g/mol. The van der Waals surface area contributed by atoms with Crippen molar-refractivity contribution in [3.05, 3.63) is 42.5 Å². The smallest absolute Gasteiger partial charge is 0.408 e. The number of aromatic hydroxyl groups is 1. The molecule has 0 aromatic heterocycles. The molecule has 8 heteroatoms. The molecule has 0 aliphatic carbocycles. The minimum Gasteiger partial charge on any atom is -0.508 e. The van der Waals surface area contributed by atoms with E-state index < -0.39 is 29.6 Å². The van der Waals surface area contributed by atoms with Gasteiger partial charge in [0.05, 0.1) is 0 Å². The Balaban J connectivity index is 3.14. The van der Waals surface area contributed by atoms with Crippen LogP contribution in [0, 0.1) is 0 Å². The fraction of sp³-hybridized carbons (Fsp3) is 0.476. The molecule has 0 aliphatic heterocycles. The van der Waals surface area contributed by atoms with Crippen molar-refractivity contribution in [2.24, 2.45) is 0 Å². The third-order valence-corrected chi connectivity index (χ3v) is 3.65. The van der Waals surface area contributed by atoms with Crippen LogP contribution in [-0.4, -0.2) is 52.6 Å². The van der Waals surface area contributed by atoms with Crippen molar-refractivity contribution in [3.63, 3.8) is 0 Å². The number of rotatable bonds is 8. The number of nitrogens with one attached hydrogen (secondary N) is 2. The van der Waals surface area contributed by atoms with Crippen molar-refractivity contribution in [1.82, 2.24) is 15.5 Å². The summed E-state index contributed by atoms with van der Waals surface area (Å²) in [5, 5.41) is 15.4. The topological polar surface area (TPSA) is 108 Å². The average Bonchev–Trinajstić information content (AvgIpc) is 2.58. The molecule has 0 fully saturated rings. The van der Waals surface area contributed by atoms with Gasteiger partial charge in [-0.2, -0.15) is 0 Å². The number of phenols is 1. The zero-order valence-electron chi connectivity index (χ0n) is 17.7. The Bertz CT molecular complexity index is 740. The van der Waals surface area contributed by atoms with Crippen LogP contribution in [0.4, 0.5) is 4.79 Å². The second-order valence-corrected chi connectivity index (χ2v) is 7.81. The molecule has 3 amide bonds. The molecule has 1 aromatic carbocycles. The van der Waals surface area contributed by atoms with Gasteiger partial charge in [0.2, 0.25) is 11.8 Å². The van der Waals surface area contributed by atoms with Crippen LogP contribution in [0.25, 0.3) is 0 Å². The number of benzene rings is 1. The number of ether oxygens (including phenoxy) is 1. The fourth-order valence-corrected chi connectivity index (χ4v) is 2.59. The van der Waals surface area contributed by atoms with Crippen LogP contribution < -0.4 is 10.6 Å². The summed E-state index contributed by atoms with van der Waals surface area (Å²) in [6, 6.07) is 5.05. The van der Waals surface area contributed by atoms with E-state index in [1.165, 1.54) is 17.0 Å². The first kappa shape index (κ1) is 24.0. The van der Waals surface area contributed by atoms with Crippen molar-refractivity contribution in [2.45, 2.75) is 52.3 Å². The van der Waals surface area contributed by atoms with Crippen molar-refractivity contribution >= 4 is 17.9 Å². The standard InChI is InChI=1S/C21H31N3O5/c1-7-12-24(17(26)13-22-20(28)29-21(4,5)6)18(19(27)23-14(2)3)15-10-8-9-11-16(15)25/h7-11,14,18,25H,1,12-13H2,2-6H3,(H,22,28)(H,23,27). The Labute approximate surface area is 171 Å². The Hall–Kier alpha value is -3.03. The molecule has 0 saturated heterocycles. The van der Waals surface area contributed by atoms with E-state index in [1.54, 1.807) is 52.8 Å². The lowest BCUT2D eigenvalue weighted by atomic mass is 10.0. The van der Waals surface area contributed by atoms with Gasteiger partial charge in [0, 0.05) is 18.2 Å². The molecule has 0 heterocycles. The lowest BCUT2D eigenvalue weighted by molar-refractivity contribution is -0.139. The van der Waals surface area contributed by atoms with Gasteiger partial charge in [-0.05, 0) is 40.7 Å². The summed E-state index contributed by atoms with van der Waals surface area (Å²) in [5.41, 5.74) is -0.429. The van der Waals surface area contributed by atoms with Gasteiger partial charge in [-0.1, -0.05) is 24.3 Å². The number of para-hydroxylation sites is 1. The van der Waals surface area contributed by atoms with E-state index in [4.69, 9.17) is 4.74 Å². The van der Waals surface area contributed by atoms with Gasteiger partial charge in [-0.25, -0.2) is 4.79 Å². The molecule has 0 aliphatic rings. The van der Waals surface area contributed by atoms with Crippen LogP contribution >= 0.6 is 0 Å². The summed E-state index contributed by atoms with van der Waals surface area (Å²) in [7, 11) is 0. The first-order valence-corrected chi connectivity index (χ1v) is 9.41. The minimum atomic E-state index is -1.09. The zero-order chi connectivity index (χ0) is 22.2. The van der Waals surface area contributed by atoms with Crippen molar-refractivity contribution < 1.29 is 24.2 Å². The normalized spacial score (nSPS) is 12.1. The fourth-order valence-electron chi connectivity index (χ4n) is 2.59. The van der Waals surface area contributed by atoms with Gasteiger partial charge >= 0.3 is 6.09 Å². The average molecular weight is 405 g/mol. The van der Waals surface area contributed by atoms with Gasteiger partial charge < -0.3 is 25.4 Å². The molecule has 0 saturated carbocycles. The first-order chi connectivity index (χ1) is 13.5. The second kappa shape index (κ2) is 10.5. The molecule has 160 valence electrons. The number of carbonyl (C=O) groups is 3. The van der Waals surface area contributed by atoms with E-state index in [2.05, 4.69) is 17.2 Å². The number of amides is 3. The van der Waals surface area contributed by atoms with E-state index in [0.717, 1.165) is 0 Å². The third kappa shape index (κ3) is 7.85. The van der Waals surface area contributed by atoms with E-state index in [0.29, 0.717) is 0 Å². The number of nitrogens with zero attached hydrogens (tertiary/aromatic N) is 1. The third-order valence-electron chi connectivity index (χ3n) is 3.65. The number of hydrogen-bond donors (Lipinski definition) is 3. The number of hydrogen-bond acceptors (Lipinski definition) is 5. The molecule has 8 nitrogen and oxygen atoms in total. The monoisotopic (exact) mass is 405 g/mol. The van der Waals surface area contributed by atoms with Crippen molar-refractivity contribution in [1.29, 1.82) is 0 Å². The van der Waals surface area contributed by atoms with Gasteiger partial charge in [-0.15, -0.1) is 6.58 Å². The summed E-state index contributed by atoms with van der Waals surface area (Å²) in [6.45, 7) is 12.0. The molecule has 0 bridgehead atoms. The zero-order valence-corrected chi connectivity index (χ0v) is 17.7. The highest BCUT2D eigenvalue weighted by atomic mass is 16.6. The Morgan fingerprint density at radius 2 is 1.86 bits per heavy atom. The van der Waals surface area contributed by atoms with Crippen molar-refractivity contribution in [3.8, 4) is 5.75 Å². The maximum absolute atomic E-state index is 12.9. The molecule has 1 rings (SSSR count). The highest BCUT2D eigenvalue weighted by molar-refractivity contribution is 5.91. The first-order valence-electron chi connectivity index (χ1n) is 9.41. The van der Waals surface area contributed by atoms with Gasteiger partial charge in [0.25, 0.3) is 0 Å². The maximum Gasteiger partial charge on any atom is 0.408 e. The highest BCUT2D eigenvalue weighted by Crippen LogP contribution is 2.29. The minimum absolute atomic E-state index is 0.0410. The van der Waals surface area contributed by atoms with Crippen LogP contribution in [0.5, 0.6) is 5.75 Å². The van der Waals surface area contributed by atoms with Crippen LogP contribution in [0.1, 0.15) is 46.2 Å². The second-order valence-electron chi connectivity index (χ2n) is 7.81. The van der Waals surface area contributed by atoms with Crippen LogP contribution in [0.2, 0.25) is 0 Å². The predicted molar refractivity (Wildman–Crippen MR) is 110 cm³/mol. The number of phenolic OH excluding ortho intramolecular Hbond substituents is 1. The highest BCUT2D eigenvalue weighted by Gasteiger charge is 2.33. The molecular formula is C21H31N3O5. The Morgan fingerprint density at radius 3 is 2.38 bits per heavy atom. The summed E-state index contributed by atoms with van der Waals surface area (Å²) in [6.07, 6.45) is 0.733. The van der Waals surface area contributed by atoms with E-state index >= 15 is 0 Å². The molecule has 29 heavy (non-hydrogen) atoms. The van der Waals surface area contributed by atoms with Gasteiger partial charge in [0.1, 0.15) is 23.9 Å². The van der Waals surface area contributed by atoms with Gasteiger partial charge in [0.15, 0.2) is 0 Å². The SMILES string of the molecule is C=CCN(C(=O)CNC(=O)OC(C)(C)C)C(C(=O)NC(C)C)c1ccccc1O.